The summed E-state index contributed by atoms with van der Waals surface area (Å²) in [6.45, 7) is 0. The molecule has 1 heterocycles. The van der Waals surface area contributed by atoms with Gasteiger partial charge in [0.05, 0.1) is 25.9 Å². The van der Waals surface area contributed by atoms with Crippen molar-refractivity contribution in [1.82, 2.24) is 4.98 Å². The maximum atomic E-state index is 10.4. The van der Waals surface area contributed by atoms with Crippen LogP contribution in [-0.2, 0) is 6.42 Å². The molecule has 0 aliphatic rings. The Balaban J connectivity index is 2.30. The zero-order valence-corrected chi connectivity index (χ0v) is 11.0. The van der Waals surface area contributed by atoms with Gasteiger partial charge in [-0.15, -0.1) is 0 Å². The van der Waals surface area contributed by atoms with Crippen molar-refractivity contribution in [2.75, 3.05) is 14.2 Å². The number of nitrogens with zero attached hydrogens (tertiary/aromatic N) is 1. The van der Waals surface area contributed by atoms with E-state index in [4.69, 9.17) is 9.47 Å². The lowest BCUT2D eigenvalue weighted by Crippen LogP contribution is -2.06. The lowest BCUT2D eigenvalue weighted by molar-refractivity contribution is 0.169. The molecule has 0 fully saturated rings. The van der Waals surface area contributed by atoms with E-state index >= 15 is 0 Å². The van der Waals surface area contributed by atoms with Gasteiger partial charge in [-0.2, -0.15) is 0 Å². The third-order valence-electron chi connectivity index (χ3n) is 2.95. The van der Waals surface area contributed by atoms with E-state index in [1.54, 1.807) is 26.6 Å². The topological polar surface area (TPSA) is 51.6 Å². The molecule has 4 nitrogen and oxygen atoms in total. The standard InChI is InChI=1S/C15H17NO3/c1-18-13-6-3-7-14(19-2)15(13)12(17)9-11-5-4-8-16-10-11/h3-8,10,12,17H,9H2,1-2H3. The molecular weight excluding hydrogens is 242 g/mol. The molecule has 100 valence electrons. The fourth-order valence-electron chi connectivity index (χ4n) is 2.05. The molecule has 1 N–H and O–H groups in total. The zero-order chi connectivity index (χ0) is 13.7. The van der Waals surface area contributed by atoms with Crippen molar-refractivity contribution in [3.63, 3.8) is 0 Å². The van der Waals surface area contributed by atoms with Crippen LogP contribution in [0.1, 0.15) is 17.2 Å². The van der Waals surface area contributed by atoms with Gasteiger partial charge in [0, 0.05) is 18.8 Å². The monoisotopic (exact) mass is 259 g/mol. The molecule has 4 heteroatoms. The summed E-state index contributed by atoms with van der Waals surface area (Å²) in [5.41, 5.74) is 1.62. The lowest BCUT2D eigenvalue weighted by atomic mass is 10.0. The molecule has 2 rings (SSSR count). The van der Waals surface area contributed by atoms with Crippen LogP contribution in [0.25, 0.3) is 0 Å². The second kappa shape index (κ2) is 6.20. The minimum absolute atomic E-state index is 0.463. The summed E-state index contributed by atoms with van der Waals surface area (Å²) in [4.78, 5) is 4.04. The fraction of sp³-hybridized carbons (Fsp3) is 0.267. The van der Waals surface area contributed by atoms with Crippen LogP contribution >= 0.6 is 0 Å². The largest absolute Gasteiger partial charge is 0.496 e. The number of hydrogen-bond donors (Lipinski definition) is 1. The van der Waals surface area contributed by atoms with Gasteiger partial charge in [-0.25, -0.2) is 0 Å². The van der Waals surface area contributed by atoms with Crippen LogP contribution in [0.4, 0.5) is 0 Å². The summed E-state index contributed by atoms with van der Waals surface area (Å²) in [6.07, 6.45) is 3.21. The molecule has 2 aromatic rings. The van der Waals surface area contributed by atoms with Crippen molar-refractivity contribution in [3.8, 4) is 11.5 Å². The van der Waals surface area contributed by atoms with Crippen LogP contribution in [0.3, 0.4) is 0 Å². The van der Waals surface area contributed by atoms with Gasteiger partial charge >= 0.3 is 0 Å². The van der Waals surface area contributed by atoms with Gasteiger partial charge in [0.1, 0.15) is 11.5 Å². The first-order chi connectivity index (χ1) is 9.26. The summed E-state index contributed by atoms with van der Waals surface area (Å²) in [5.74, 6) is 1.24. The zero-order valence-electron chi connectivity index (χ0n) is 11.0. The van der Waals surface area contributed by atoms with Crippen LogP contribution in [0.2, 0.25) is 0 Å². The highest BCUT2D eigenvalue weighted by Crippen LogP contribution is 2.35. The number of pyridine rings is 1. The van der Waals surface area contributed by atoms with E-state index in [0.29, 0.717) is 23.5 Å². The van der Waals surface area contributed by atoms with Crippen LogP contribution in [0.15, 0.2) is 42.7 Å². The van der Waals surface area contributed by atoms with Crippen LogP contribution in [0, 0.1) is 0 Å². The second-order valence-corrected chi connectivity index (χ2v) is 4.16. The SMILES string of the molecule is COc1cccc(OC)c1C(O)Cc1cccnc1. The smallest absolute Gasteiger partial charge is 0.128 e. The number of aromatic nitrogens is 1. The number of ether oxygens (including phenoxy) is 2. The quantitative estimate of drug-likeness (QED) is 0.895. The number of aliphatic hydroxyl groups excluding tert-OH is 1. The Bertz CT molecular complexity index is 506. The third kappa shape index (κ3) is 3.03. The fourth-order valence-corrected chi connectivity index (χ4v) is 2.05. The predicted octanol–water partition coefficient (Wildman–Crippen LogP) is 2.37. The average Bonchev–Trinajstić information content (AvgIpc) is 2.47. The molecular formula is C15H17NO3. The Kier molecular flexibility index (Phi) is 4.36. The van der Waals surface area contributed by atoms with Crippen molar-refractivity contribution < 1.29 is 14.6 Å². The van der Waals surface area contributed by atoms with E-state index in [0.717, 1.165) is 5.56 Å². The number of rotatable bonds is 5. The summed E-state index contributed by atoms with van der Waals surface area (Å²) in [7, 11) is 3.16. The van der Waals surface area contributed by atoms with Crippen LogP contribution < -0.4 is 9.47 Å². The van der Waals surface area contributed by atoms with Gasteiger partial charge < -0.3 is 14.6 Å². The van der Waals surface area contributed by atoms with Crippen molar-refractivity contribution in [2.24, 2.45) is 0 Å². The van der Waals surface area contributed by atoms with Gasteiger partial charge in [0.15, 0.2) is 0 Å². The second-order valence-electron chi connectivity index (χ2n) is 4.16. The van der Waals surface area contributed by atoms with E-state index in [1.165, 1.54) is 0 Å². The van der Waals surface area contributed by atoms with Crippen molar-refractivity contribution >= 4 is 0 Å². The Labute approximate surface area is 112 Å². The summed E-state index contributed by atoms with van der Waals surface area (Å²) >= 11 is 0. The Morgan fingerprint density at radius 1 is 1.11 bits per heavy atom. The predicted molar refractivity (Wildman–Crippen MR) is 72.4 cm³/mol. The summed E-state index contributed by atoms with van der Waals surface area (Å²) < 4.78 is 10.6. The lowest BCUT2D eigenvalue weighted by Gasteiger charge is -2.18. The molecule has 0 radical (unpaired) electrons. The maximum absolute atomic E-state index is 10.4. The Morgan fingerprint density at radius 2 is 1.79 bits per heavy atom. The number of benzene rings is 1. The molecule has 0 bridgehead atoms. The van der Waals surface area contributed by atoms with E-state index in [2.05, 4.69) is 4.98 Å². The summed E-state index contributed by atoms with van der Waals surface area (Å²) in [6, 6.07) is 9.23. The van der Waals surface area contributed by atoms with E-state index in [-0.39, 0.29) is 0 Å². The molecule has 1 unspecified atom stereocenters. The van der Waals surface area contributed by atoms with Gasteiger partial charge in [0.2, 0.25) is 0 Å². The Hall–Kier alpha value is -2.07. The van der Waals surface area contributed by atoms with E-state index < -0.39 is 6.10 Å². The first-order valence-corrected chi connectivity index (χ1v) is 6.04. The molecule has 0 saturated heterocycles. The molecule has 0 saturated carbocycles. The van der Waals surface area contributed by atoms with E-state index in [1.807, 2.05) is 30.3 Å². The van der Waals surface area contributed by atoms with E-state index in [9.17, 15) is 5.11 Å². The first kappa shape index (κ1) is 13.4. The average molecular weight is 259 g/mol. The van der Waals surface area contributed by atoms with Crippen molar-refractivity contribution in [2.45, 2.75) is 12.5 Å². The molecule has 0 spiro atoms. The van der Waals surface area contributed by atoms with Gasteiger partial charge in [-0.3, -0.25) is 4.98 Å². The Morgan fingerprint density at radius 3 is 2.32 bits per heavy atom. The van der Waals surface area contributed by atoms with Crippen molar-refractivity contribution in [1.29, 1.82) is 0 Å². The normalized spacial score (nSPS) is 11.9. The molecule has 1 atom stereocenters. The minimum atomic E-state index is -0.699. The number of hydrogen-bond acceptors (Lipinski definition) is 4. The highest BCUT2D eigenvalue weighted by Gasteiger charge is 2.19. The highest BCUT2D eigenvalue weighted by molar-refractivity contribution is 5.46. The summed E-state index contributed by atoms with van der Waals surface area (Å²) in [5, 5.41) is 10.4. The highest BCUT2D eigenvalue weighted by atomic mass is 16.5. The molecule has 1 aromatic heterocycles. The number of aliphatic hydroxyl groups is 1. The molecule has 1 aromatic carbocycles. The van der Waals surface area contributed by atoms with Crippen LogP contribution in [0.5, 0.6) is 11.5 Å². The van der Waals surface area contributed by atoms with Crippen molar-refractivity contribution in [3.05, 3.63) is 53.9 Å². The molecule has 0 amide bonds. The third-order valence-corrected chi connectivity index (χ3v) is 2.95. The first-order valence-electron chi connectivity index (χ1n) is 6.04. The van der Waals surface area contributed by atoms with Gasteiger partial charge in [-0.05, 0) is 23.8 Å². The molecule has 19 heavy (non-hydrogen) atoms. The molecule has 0 aliphatic carbocycles. The minimum Gasteiger partial charge on any atom is -0.496 e. The van der Waals surface area contributed by atoms with Gasteiger partial charge in [0.25, 0.3) is 0 Å². The maximum Gasteiger partial charge on any atom is 0.128 e. The van der Waals surface area contributed by atoms with Crippen LogP contribution in [-0.4, -0.2) is 24.3 Å². The number of methoxy groups -OCH3 is 2. The van der Waals surface area contributed by atoms with Gasteiger partial charge in [-0.1, -0.05) is 12.1 Å². The molecule has 0 aliphatic heterocycles.